The number of amides is 1. The van der Waals surface area contributed by atoms with E-state index in [1.165, 1.54) is 5.48 Å². The van der Waals surface area contributed by atoms with E-state index in [2.05, 4.69) is 5.32 Å². The molecule has 0 saturated heterocycles. The third kappa shape index (κ3) is 1.50. The lowest BCUT2D eigenvalue weighted by Gasteiger charge is -2.24. The molecule has 5 N–H and O–H groups in total. The molecule has 0 aromatic heterocycles. The minimum atomic E-state index is -1.36. The molecule has 0 bridgehead atoms. The number of hydrogen-bond acceptors (Lipinski definition) is 5. The van der Waals surface area contributed by atoms with Crippen LogP contribution in [0.1, 0.15) is 5.56 Å². The zero-order chi connectivity index (χ0) is 11.7. The highest BCUT2D eigenvalue weighted by Crippen LogP contribution is 2.31. The fourth-order valence-corrected chi connectivity index (χ4v) is 1.60. The first-order chi connectivity index (χ1) is 7.65. The molecule has 6 nitrogen and oxygen atoms in total. The van der Waals surface area contributed by atoms with Crippen LogP contribution in [0.3, 0.4) is 0 Å². The standard InChI is InChI=1S/C10H10N2O4/c13-8-5-3-1-2-4-6(5)11-9(14)7(8)10(15)12-16/h1-4,9,11,13-14,16H,(H,12,15). The van der Waals surface area contributed by atoms with Crippen LogP contribution < -0.4 is 10.8 Å². The molecule has 16 heavy (non-hydrogen) atoms. The Morgan fingerprint density at radius 2 is 2.06 bits per heavy atom. The summed E-state index contributed by atoms with van der Waals surface area (Å²) in [5.74, 6) is -1.31. The smallest absolute Gasteiger partial charge is 0.278 e. The molecule has 2 rings (SSSR count). The Hall–Kier alpha value is -2.05. The third-order valence-corrected chi connectivity index (χ3v) is 2.35. The van der Waals surface area contributed by atoms with E-state index in [9.17, 15) is 15.0 Å². The lowest BCUT2D eigenvalue weighted by molar-refractivity contribution is -0.126. The molecule has 0 saturated carbocycles. The van der Waals surface area contributed by atoms with E-state index in [4.69, 9.17) is 5.21 Å². The number of hydroxylamine groups is 1. The molecule has 0 spiro atoms. The lowest BCUT2D eigenvalue weighted by atomic mass is 10.0. The molecule has 1 heterocycles. The summed E-state index contributed by atoms with van der Waals surface area (Å²) in [6.07, 6.45) is -1.36. The Morgan fingerprint density at radius 1 is 1.38 bits per heavy atom. The van der Waals surface area contributed by atoms with Crippen molar-refractivity contribution in [3.63, 3.8) is 0 Å². The van der Waals surface area contributed by atoms with Crippen molar-refractivity contribution in [2.45, 2.75) is 6.23 Å². The van der Waals surface area contributed by atoms with Crippen molar-refractivity contribution in [2.24, 2.45) is 0 Å². The van der Waals surface area contributed by atoms with E-state index in [0.29, 0.717) is 11.3 Å². The van der Waals surface area contributed by atoms with Gasteiger partial charge in [0.05, 0.1) is 0 Å². The van der Waals surface area contributed by atoms with Gasteiger partial charge in [0.25, 0.3) is 5.91 Å². The van der Waals surface area contributed by atoms with Gasteiger partial charge in [0.2, 0.25) is 0 Å². The van der Waals surface area contributed by atoms with E-state index < -0.39 is 12.1 Å². The molecule has 1 aliphatic rings. The minimum Gasteiger partial charge on any atom is -0.507 e. The normalized spacial score (nSPS) is 18.8. The summed E-state index contributed by atoms with van der Waals surface area (Å²) >= 11 is 0. The summed E-state index contributed by atoms with van der Waals surface area (Å²) in [6.45, 7) is 0. The Morgan fingerprint density at radius 3 is 2.75 bits per heavy atom. The molecule has 1 amide bonds. The van der Waals surface area contributed by atoms with Crippen molar-refractivity contribution in [3.05, 3.63) is 35.4 Å². The number of nitrogens with one attached hydrogen (secondary N) is 2. The predicted octanol–water partition coefficient (Wildman–Crippen LogP) is 0.205. The second-order valence-corrected chi connectivity index (χ2v) is 3.30. The summed E-state index contributed by atoms with van der Waals surface area (Å²) in [4.78, 5) is 11.2. The SMILES string of the molecule is O=C(NO)C1=C(O)c2ccccc2NC1O. The third-order valence-electron chi connectivity index (χ3n) is 2.35. The molecular formula is C10H10N2O4. The van der Waals surface area contributed by atoms with Gasteiger partial charge in [0.1, 0.15) is 11.3 Å². The van der Waals surface area contributed by atoms with Crippen LogP contribution in [0.4, 0.5) is 5.69 Å². The van der Waals surface area contributed by atoms with Crippen LogP contribution in [0.2, 0.25) is 0 Å². The Kier molecular flexibility index (Phi) is 2.51. The summed E-state index contributed by atoms with van der Waals surface area (Å²) in [7, 11) is 0. The number of hydrogen-bond donors (Lipinski definition) is 5. The van der Waals surface area contributed by atoms with E-state index >= 15 is 0 Å². The molecule has 0 aliphatic carbocycles. The summed E-state index contributed by atoms with van der Waals surface area (Å²) in [5, 5.41) is 30.5. The largest absolute Gasteiger partial charge is 0.507 e. The second-order valence-electron chi connectivity index (χ2n) is 3.30. The first kappa shape index (κ1) is 10.5. The van der Waals surface area contributed by atoms with Crippen LogP contribution in [-0.4, -0.2) is 27.6 Å². The summed E-state index contributed by atoms with van der Waals surface area (Å²) in [5.41, 5.74) is 1.96. The second kappa shape index (κ2) is 3.84. The molecule has 6 heteroatoms. The van der Waals surface area contributed by atoms with E-state index in [1.807, 2.05) is 0 Å². The fourth-order valence-electron chi connectivity index (χ4n) is 1.60. The van der Waals surface area contributed by atoms with Crippen LogP contribution >= 0.6 is 0 Å². The summed E-state index contributed by atoms with van der Waals surface area (Å²) < 4.78 is 0. The lowest BCUT2D eigenvalue weighted by Crippen LogP contribution is -2.36. The molecule has 1 aromatic rings. The van der Waals surface area contributed by atoms with Crippen molar-refractivity contribution in [1.29, 1.82) is 0 Å². The van der Waals surface area contributed by atoms with Crippen molar-refractivity contribution >= 4 is 17.4 Å². The number of aliphatic hydroxyl groups is 2. The Balaban J connectivity index is 2.56. The fraction of sp³-hybridized carbons (Fsp3) is 0.100. The van der Waals surface area contributed by atoms with Crippen LogP contribution in [-0.2, 0) is 4.79 Å². The molecule has 1 unspecified atom stereocenters. The van der Waals surface area contributed by atoms with Gasteiger partial charge in [-0.25, -0.2) is 5.48 Å². The number of benzene rings is 1. The number of carbonyl (C=O) groups is 1. The zero-order valence-corrected chi connectivity index (χ0v) is 8.14. The van der Waals surface area contributed by atoms with Gasteiger partial charge in [-0.1, -0.05) is 12.1 Å². The number of fused-ring (bicyclic) bond motifs is 1. The maximum absolute atomic E-state index is 11.2. The van der Waals surface area contributed by atoms with Crippen molar-refractivity contribution in [2.75, 3.05) is 5.32 Å². The number of anilines is 1. The first-order valence-electron chi connectivity index (χ1n) is 4.56. The van der Waals surface area contributed by atoms with E-state index in [0.717, 1.165) is 0 Å². The topological polar surface area (TPSA) is 102 Å². The van der Waals surface area contributed by atoms with Crippen molar-refractivity contribution in [3.8, 4) is 0 Å². The van der Waals surface area contributed by atoms with Gasteiger partial charge in [-0.3, -0.25) is 10.0 Å². The van der Waals surface area contributed by atoms with Crippen LogP contribution in [0, 0.1) is 0 Å². The summed E-state index contributed by atoms with van der Waals surface area (Å²) in [6, 6.07) is 6.66. The van der Waals surface area contributed by atoms with Crippen LogP contribution in [0.15, 0.2) is 29.8 Å². The van der Waals surface area contributed by atoms with Gasteiger partial charge in [0, 0.05) is 11.3 Å². The number of para-hydroxylation sites is 1. The van der Waals surface area contributed by atoms with Crippen molar-refractivity contribution in [1.82, 2.24) is 5.48 Å². The first-order valence-corrected chi connectivity index (χ1v) is 4.56. The van der Waals surface area contributed by atoms with Gasteiger partial charge in [-0.2, -0.15) is 0 Å². The van der Waals surface area contributed by atoms with E-state index in [-0.39, 0.29) is 11.3 Å². The molecule has 1 aromatic carbocycles. The van der Waals surface area contributed by atoms with Gasteiger partial charge in [0.15, 0.2) is 6.23 Å². The average molecular weight is 222 g/mol. The highest BCUT2D eigenvalue weighted by molar-refractivity contribution is 6.02. The van der Waals surface area contributed by atoms with E-state index in [1.54, 1.807) is 24.3 Å². The predicted molar refractivity (Wildman–Crippen MR) is 55.5 cm³/mol. The Labute approximate surface area is 90.8 Å². The quantitative estimate of drug-likeness (QED) is 0.345. The van der Waals surface area contributed by atoms with Gasteiger partial charge >= 0.3 is 0 Å². The maximum Gasteiger partial charge on any atom is 0.278 e. The average Bonchev–Trinajstić information content (AvgIpc) is 2.28. The van der Waals surface area contributed by atoms with Crippen LogP contribution in [0.5, 0.6) is 0 Å². The number of aliphatic hydroxyl groups excluding tert-OH is 2. The minimum absolute atomic E-state index is 0.318. The van der Waals surface area contributed by atoms with Gasteiger partial charge < -0.3 is 15.5 Å². The highest BCUT2D eigenvalue weighted by Gasteiger charge is 2.29. The maximum atomic E-state index is 11.2. The molecule has 84 valence electrons. The van der Waals surface area contributed by atoms with Gasteiger partial charge in [-0.15, -0.1) is 0 Å². The monoisotopic (exact) mass is 222 g/mol. The molecular weight excluding hydrogens is 212 g/mol. The number of carbonyl (C=O) groups excluding carboxylic acids is 1. The Bertz CT molecular complexity index is 470. The van der Waals surface area contributed by atoms with Gasteiger partial charge in [-0.05, 0) is 12.1 Å². The van der Waals surface area contributed by atoms with Crippen LogP contribution in [0.25, 0.3) is 5.76 Å². The molecule has 0 fully saturated rings. The molecule has 1 aliphatic heterocycles. The zero-order valence-electron chi connectivity index (χ0n) is 8.14. The molecule has 1 atom stereocenters. The highest BCUT2D eigenvalue weighted by atomic mass is 16.5. The number of rotatable bonds is 1. The van der Waals surface area contributed by atoms with Crippen molar-refractivity contribution < 1.29 is 20.2 Å². The molecule has 0 radical (unpaired) electrons.